The van der Waals surface area contributed by atoms with Gasteiger partial charge in [0.25, 0.3) is 0 Å². The normalized spacial score (nSPS) is 35.8. The van der Waals surface area contributed by atoms with Crippen LogP contribution >= 0.6 is 0 Å². The van der Waals surface area contributed by atoms with Crippen LogP contribution in [-0.2, 0) is 14.4 Å². The lowest BCUT2D eigenvalue weighted by Crippen LogP contribution is -2.46. The van der Waals surface area contributed by atoms with Crippen LogP contribution in [0.25, 0.3) is 0 Å². The van der Waals surface area contributed by atoms with Crippen LogP contribution in [-0.4, -0.2) is 18.4 Å². The zero-order valence-electron chi connectivity index (χ0n) is 10.3. The van der Waals surface area contributed by atoms with Crippen molar-refractivity contribution in [3.63, 3.8) is 0 Å². The van der Waals surface area contributed by atoms with E-state index in [0.29, 0.717) is 12.0 Å². The highest BCUT2D eigenvalue weighted by Crippen LogP contribution is 2.50. The van der Waals surface area contributed by atoms with Crippen LogP contribution in [0.5, 0.6) is 0 Å². The molecular formula is C14H18O3. The lowest BCUT2D eigenvalue weighted by molar-refractivity contribution is -0.136. The summed E-state index contributed by atoms with van der Waals surface area (Å²) in [5.74, 6) is -0.443. The number of aldehydes is 2. The Labute approximate surface area is 101 Å². The number of Topliss-reactive ketones (excluding diaryl/α,β-unsaturated/α-hetero) is 1. The number of rotatable bonds is 2. The molecule has 0 heterocycles. The molecule has 0 amide bonds. The van der Waals surface area contributed by atoms with Gasteiger partial charge in [-0.3, -0.25) is 9.59 Å². The quantitative estimate of drug-likeness (QED) is 0.686. The van der Waals surface area contributed by atoms with Crippen LogP contribution < -0.4 is 0 Å². The van der Waals surface area contributed by atoms with E-state index in [-0.39, 0.29) is 23.0 Å². The summed E-state index contributed by atoms with van der Waals surface area (Å²) in [5, 5.41) is 0. The number of ketones is 1. The van der Waals surface area contributed by atoms with Crippen molar-refractivity contribution in [3.8, 4) is 0 Å². The summed E-state index contributed by atoms with van der Waals surface area (Å²) < 4.78 is 0. The largest absolute Gasteiger partial charge is 0.303 e. The monoisotopic (exact) mass is 234 g/mol. The van der Waals surface area contributed by atoms with Crippen molar-refractivity contribution in [2.24, 2.45) is 23.2 Å². The van der Waals surface area contributed by atoms with E-state index >= 15 is 0 Å². The second-order valence-corrected chi connectivity index (χ2v) is 5.81. The highest BCUT2D eigenvalue weighted by atomic mass is 16.1. The molecule has 3 atom stereocenters. The summed E-state index contributed by atoms with van der Waals surface area (Å²) >= 11 is 0. The smallest absolute Gasteiger partial charge is 0.146 e. The summed E-state index contributed by atoms with van der Waals surface area (Å²) in [6, 6.07) is 0. The van der Waals surface area contributed by atoms with Gasteiger partial charge in [-0.15, -0.1) is 0 Å². The van der Waals surface area contributed by atoms with Crippen LogP contribution in [0.2, 0.25) is 0 Å². The van der Waals surface area contributed by atoms with Crippen LogP contribution in [0.1, 0.15) is 33.1 Å². The molecule has 0 unspecified atom stereocenters. The van der Waals surface area contributed by atoms with Gasteiger partial charge in [-0.05, 0) is 29.7 Å². The number of carbonyl (C=O) groups is 3. The van der Waals surface area contributed by atoms with Gasteiger partial charge in [0.2, 0.25) is 0 Å². The van der Waals surface area contributed by atoms with Crippen molar-refractivity contribution < 1.29 is 14.4 Å². The fraction of sp³-hybridized carbons (Fsp3) is 0.643. The molecule has 0 radical (unpaired) electrons. The molecule has 0 aromatic heterocycles. The summed E-state index contributed by atoms with van der Waals surface area (Å²) in [7, 11) is 0. The average Bonchev–Trinajstić information content (AvgIpc) is 2.32. The topological polar surface area (TPSA) is 51.2 Å². The van der Waals surface area contributed by atoms with Crippen LogP contribution in [0, 0.1) is 23.2 Å². The molecule has 92 valence electrons. The van der Waals surface area contributed by atoms with E-state index in [0.717, 1.165) is 25.4 Å². The van der Waals surface area contributed by atoms with E-state index in [4.69, 9.17) is 0 Å². The fourth-order valence-electron chi connectivity index (χ4n) is 3.32. The molecule has 2 rings (SSSR count). The Kier molecular flexibility index (Phi) is 3.02. The molecule has 0 spiro atoms. The number of hydrogen-bond donors (Lipinski definition) is 0. The van der Waals surface area contributed by atoms with Crippen molar-refractivity contribution in [1.82, 2.24) is 0 Å². The predicted octanol–water partition coefficient (Wildman–Crippen LogP) is 1.95. The minimum atomic E-state index is -0.515. The number of hydrogen-bond acceptors (Lipinski definition) is 3. The fourth-order valence-corrected chi connectivity index (χ4v) is 3.32. The second-order valence-electron chi connectivity index (χ2n) is 5.81. The molecule has 3 nitrogen and oxygen atoms in total. The van der Waals surface area contributed by atoms with E-state index in [1.165, 1.54) is 0 Å². The molecule has 0 N–H and O–H groups in total. The Morgan fingerprint density at radius 2 is 2.06 bits per heavy atom. The molecule has 0 aliphatic heterocycles. The standard InChI is InChI=1S/C14H18O3/c1-14(2)6-5-12(17)13-10(8-16)9(7-15)3-4-11(13)14/h3,7-8,10-11,13H,4-6H2,1-2H3/t10-,11-,13+/m0/s1. The van der Waals surface area contributed by atoms with Gasteiger partial charge in [-0.2, -0.15) is 0 Å². The van der Waals surface area contributed by atoms with E-state index in [9.17, 15) is 14.4 Å². The van der Waals surface area contributed by atoms with Crippen molar-refractivity contribution in [2.75, 3.05) is 0 Å². The maximum atomic E-state index is 12.0. The molecule has 3 heteroatoms. The van der Waals surface area contributed by atoms with Gasteiger partial charge in [0.1, 0.15) is 18.4 Å². The molecular weight excluding hydrogens is 216 g/mol. The van der Waals surface area contributed by atoms with E-state index in [1.807, 2.05) is 6.08 Å². The predicted molar refractivity (Wildman–Crippen MR) is 63.3 cm³/mol. The van der Waals surface area contributed by atoms with E-state index < -0.39 is 5.92 Å². The lowest BCUT2D eigenvalue weighted by Gasteiger charge is -2.46. The molecule has 1 saturated carbocycles. The van der Waals surface area contributed by atoms with Crippen molar-refractivity contribution in [1.29, 1.82) is 0 Å². The van der Waals surface area contributed by atoms with Crippen LogP contribution in [0.3, 0.4) is 0 Å². The van der Waals surface area contributed by atoms with Crippen molar-refractivity contribution in [3.05, 3.63) is 11.6 Å². The first-order chi connectivity index (χ1) is 8.01. The first-order valence-corrected chi connectivity index (χ1v) is 6.14. The molecule has 0 saturated heterocycles. The lowest BCUT2D eigenvalue weighted by atomic mass is 9.56. The van der Waals surface area contributed by atoms with Gasteiger partial charge in [0.05, 0.1) is 5.92 Å². The summed E-state index contributed by atoms with van der Waals surface area (Å²) in [4.78, 5) is 34.2. The maximum absolute atomic E-state index is 12.0. The molecule has 2 aliphatic carbocycles. The number of carbonyl (C=O) groups excluding carboxylic acids is 3. The van der Waals surface area contributed by atoms with Gasteiger partial charge < -0.3 is 4.79 Å². The third-order valence-electron chi connectivity index (χ3n) is 4.49. The molecule has 1 fully saturated rings. The van der Waals surface area contributed by atoms with Gasteiger partial charge in [0, 0.05) is 12.3 Å². The van der Waals surface area contributed by atoms with Gasteiger partial charge in [0.15, 0.2) is 0 Å². The SMILES string of the molecule is CC1(C)CCC(=O)[C@@H]2[C@@H](C=O)C(C=O)=CC[C@@H]21. The first kappa shape index (κ1) is 12.2. The molecule has 17 heavy (non-hydrogen) atoms. The average molecular weight is 234 g/mol. The summed E-state index contributed by atoms with van der Waals surface area (Å²) in [6.45, 7) is 4.30. The Hall–Kier alpha value is -1.25. The Balaban J connectivity index is 2.42. The van der Waals surface area contributed by atoms with Crippen molar-refractivity contribution in [2.45, 2.75) is 33.1 Å². The molecule has 0 aromatic rings. The zero-order chi connectivity index (χ0) is 12.6. The number of fused-ring (bicyclic) bond motifs is 1. The highest BCUT2D eigenvalue weighted by Gasteiger charge is 2.48. The highest BCUT2D eigenvalue weighted by molar-refractivity contribution is 5.91. The minimum Gasteiger partial charge on any atom is -0.303 e. The van der Waals surface area contributed by atoms with Crippen molar-refractivity contribution >= 4 is 18.4 Å². The first-order valence-electron chi connectivity index (χ1n) is 6.14. The Morgan fingerprint density at radius 3 is 2.65 bits per heavy atom. The summed E-state index contributed by atoms with van der Waals surface area (Å²) in [5.41, 5.74) is 0.567. The van der Waals surface area contributed by atoms with E-state index in [1.54, 1.807) is 0 Å². The third-order valence-corrected chi connectivity index (χ3v) is 4.49. The van der Waals surface area contributed by atoms with Gasteiger partial charge in [-0.25, -0.2) is 0 Å². The Bertz CT molecular complexity index is 392. The Morgan fingerprint density at radius 1 is 1.35 bits per heavy atom. The molecule has 2 aliphatic rings. The molecule has 0 aromatic carbocycles. The molecule has 0 bridgehead atoms. The van der Waals surface area contributed by atoms with Gasteiger partial charge >= 0.3 is 0 Å². The van der Waals surface area contributed by atoms with Gasteiger partial charge in [-0.1, -0.05) is 19.9 Å². The third kappa shape index (κ3) is 1.88. The number of allylic oxidation sites excluding steroid dienone is 2. The zero-order valence-corrected chi connectivity index (χ0v) is 10.3. The van der Waals surface area contributed by atoms with Crippen LogP contribution in [0.4, 0.5) is 0 Å². The minimum absolute atomic E-state index is 0.0742. The van der Waals surface area contributed by atoms with Crippen LogP contribution in [0.15, 0.2) is 11.6 Å². The van der Waals surface area contributed by atoms with E-state index in [2.05, 4.69) is 13.8 Å². The summed E-state index contributed by atoms with van der Waals surface area (Å²) in [6.07, 6.45) is 5.49. The second kappa shape index (κ2) is 4.21. The maximum Gasteiger partial charge on any atom is 0.146 e.